The number of methoxy groups -OCH3 is 1. The monoisotopic (exact) mass is 379 g/mol. The van der Waals surface area contributed by atoms with E-state index in [1.807, 2.05) is 48.5 Å². The van der Waals surface area contributed by atoms with Crippen LogP contribution in [-0.4, -0.2) is 35.5 Å². The SMILES string of the molecule is COc1ccc(CC(=O)Nc2cnn(CC3COc4ccccc4O3)c2)cc1. The summed E-state index contributed by atoms with van der Waals surface area (Å²) >= 11 is 0. The van der Waals surface area contributed by atoms with Crippen LogP contribution in [0.2, 0.25) is 0 Å². The highest BCUT2D eigenvalue weighted by Gasteiger charge is 2.21. The highest BCUT2D eigenvalue weighted by Crippen LogP contribution is 2.31. The molecule has 0 saturated carbocycles. The number of hydrogen-bond acceptors (Lipinski definition) is 5. The standard InChI is InChI=1S/C21H21N3O4/c1-26-17-8-6-15(7-9-17)10-21(25)23-16-11-22-24(12-16)13-18-14-27-19-4-2-3-5-20(19)28-18/h2-9,11-12,18H,10,13-14H2,1H3,(H,23,25). The van der Waals surface area contributed by atoms with Crippen molar-refractivity contribution < 1.29 is 19.0 Å². The van der Waals surface area contributed by atoms with Crippen molar-refractivity contribution in [2.24, 2.45) is 0 Å². The average molecular weight is 379 g/mol. The van der Waals surface area contributed by atoms with Crippen LogP contribution in [0.3, 0.4) is 0 Å². The van der Waals surface area contributed by atoms with Gasteiger partial charge in [-0.15, -0.1) is 0 Å². The summed E-state index contributed by atoms with van der Waals surface area (Å²) in [6, 6.07) is 15.0. The quantitative estimate of drug-likeness (QED) is 0.713. The fourth-order valence-corrected chi connectivity index (χ4v) is 3.02. The zero-order valence-corrected chi connectivity index (χ0v) is 15.5. The van der Waals surface area contributed by atoms with Crippen LogP contribution in [0.15, 0.2) is 60.9 Å². The van der Waals surface area contributed by atoms with Crippen LogP contribution in [0.4, 0.5) is 5.69 Å². The van der Waals surface area contributed by atoms with Crippen LogP contribution in [-0.2, 0) is 17.8 Å². The van der Waals surface area contributed by atoms with E-state index >= 15 is 0 Å². The summed E-state index contributed by atoms with van der Waals surface area (Å²) in [6.07, 6.45) is 3.56. The maximum Gasteiger partial charge on any atom is 0.228 e. The number of benzene rings is 2. The lowest BCUT2D eigenvalue weighted by atomic mass is 10.1. The molecule has 0 fully saturated rings. The zero-order valence-electron chi connectivity index (χ0n) is 15.5. The molecule has 3 aromatic rings. The minimum atomic E-state index is -0.141. The predicted octanol–water partition coefficient (Wildman–Crippen LogP) is 2.91. The minimum Gasteiger partial charge on any atom is -0.497 e. The van der Waals surface area contributed by atoms with Gasteiger partial charge in [-0.3, -0.25) is 9.48 Å². The Morgan fingerprint density at radius 1 is 1.21 bits per heavy atom. The summed E-state index contributed by atoms with van der Waals surface area (Å²) in [7, 11) is 1.61. The molecule has 2 heterocycles. The first-order chi connectivity index (χ1) is 13.7. The lowest BCUT2D eigenvalue weighted by molar-refractivity contribution is -0.115. The third-order valence-electron chi connectivity index (χ3n) is 4.40. The van der Waals surface area contributed by atoms with Gasteiger partial charge < -0.3 is 19.5 Å². The smallest absolute Gasteiger partial charge is 0.228 e. The van der Waals surface area contributed by atoms with Gasteiger partial charge in [0.25, 0.3) is 0 Å². The predicted molar refractivity (Wildman–Crippen MR) is 104 cm³/mol. The first-order valence-corrected chi connectivity index (χ1v) is 9.03. The highest BCUT2D eigenvalue weighted by molar-refractivity contribution is 5.92. The van der Waals surface area contributed by atoms with Gasteiger partial charge in [0, 0.05) is 6.20 Å². The largest absolute Gasteiger partial charge is 0.497 e. The number of nitrogens with zero attached hydrogens (tertiary/aromatic N) is 2. The van der Waals surface area contributed by atoms with E-state index in [1.54, 1.807) is 24.2 Å². The van der Waals surface area contributed by atoms with Gasteiger partial charge in [0.2, 0.25) is 5.91 Å². The molecule has 0 spiro atoms. The molecule has 1 unspecified atom stereocenters. The molecular formula is C21H21N3O4. The van der Waals surface area contributed by atoms with Gasteiger partial charge in [-0.2, -0.15) is 5.10 Å². The van der Waals surface area contributed by atoms with Crippen LogP contribution >= 0.6 is 0 Å². The third kappa shape index (κ3) is 4.25. The summed E-state index contributed by atoms with van der Waals surface area (Å²) in [5.41, 5.74) is 1.56. The van der Waals surface area contributed by atoms with Gasteiger partial charge in [-0.25, -0.2) is 0 Å². The van der Waals surface area contributed by atoms with E-state index in [0.29, 0.717) is 18.8 Å². The van der Waals surface area contributed by atoms with Gasteiger partial charge >= 0.3 is 0 Å². The summed E-state index contributed by atoms with van der Waals surface area (Å²) in [6.45, 7) is 0.985. The van der Waals surface area contributed by atoms with E-state index < -0.39 is 0 Å². The summed E-state index contributed by atoms with van der Waals surface area (Å²) in [5.74, 6) is 2.16. The van der Waals surface area contributed by atoms with Crippen LogP contribution in [0, 0.1) is 0 Å². The van der Waals surface area contributed by atoms with E-state index in [4.69, 9.17) is 14.2 Å². The number of aromatic nitrogens is 2. The van der Waals surface area contributed by atoms with Gasteiger partial charge in [0.15, 0.2) is 17.6 Å². The van der Waals surface area contributed by atoms with Crippen molar-refractivity contribution in [1.29, 1.82) is 0 Å². The molecule has 7 nitrogen and oxygen atoms in total. The number of ether oxygens (including phenoxy) is 3. The summed E-state index contributed by atoms with van der Waals surface area (Å²) in [5, 5.41) is 7.17. The van der Waals surface area contributed by atoms with Crippen molar-refractivity contribution in [2.45, 2.75) is 19.1 Å². The maximum atomic E-state index is 12.2. The molecule has 0 bridgehead atoms. The number of amides is 1. The van der Waals surface area contributed by atoms with Crippen molar-refractivity contribution in [3.63, 3.8) is 0 Å². The first-order valence-electron chi connectivity index (χ1n) is 9.03. The van der Waals surface area contributed by atoms with Crippen molar-refractivity contribution >= 4 is 11.6 Å². The number of fused-ring (bicyclic) bond motifs is 1. The van der Waals surface area contributed by atoms with Crippen LogP contribution in [0.1, 0.15) is 5.56 Å². The number of nitrogens with one attached hydrogen (secondary N) is 1. The van der Waals surface area contributed by atoms with Crippen LogP contribution < -0.4 is 19.5 Å². The van der Waals surface area contributed by atoms with E-state index in [-0.39, 0.29) is 18.4 Å². The molecule has 4 rings (SSSR count). The molecule has 1 aliphatic heterocycles. The number of para-hydroxylation sites is 2. The number of carbonyl (C=O) groups excluding carboxylic acids is 1. The lowest BCUT2D eigenvalue weighted by Gasteiger charge is -2.26. The molecule has 28 heavy (non-hydrogen) atoms. The van der Waals surface area contributed by atoms with E-state index in [2.05, 4.69) is 10.4 Å². The molecule has 1 amide bonds. The van der Waals surface area contributed by atoms with Gasteiger partial charge in [0.05, 0.1) is 32.0 Å². The zero-order chi connectivity index (χ0) is 19.3. The molecule has 1 N–H and O–H groups in total. The second kappa shape index (κ2) is 8.04. The molecule has 7 heteroatoms. The Morgan fingerprint density at radius 3 is 2.79 bits per heavy atom. The minimum absolute atomic E-state index is 0.101. The summed E-state index contributed by atoms with van der Waals surface area (Å²) < 4.78 is 18.5. The average Bonchev–Trinajstić information content (AvgIpc) is 3.15. The Bertz CT molecular complexity index is 952. The maximum absolute atomic E-state index is 12.2. The van der Waals surface area contributed by atoms with Crippen LogP contribution in [0.25, 0.3) is 0 Å². The molecule has 1 atom stereocenters. The van der Waals surface area contributed by atoms with Gasteiger partial charge in [-0.1, -0.05) is 24.3 Å². The number of carbonyl (C=O) groups is 1. The molecule has 144 valence electrons. The van der Waals surface area contributed by atoms with Crippen LogP contribution in [0.5, 0.6) is 17.2 Å². The fraction of sp³-hybridized carbons (Fsp3) is 0.238. The van der Waals surface area contributed by atoms with Crippen molar-refractivity contribution in [2.75, 3.05) is 19.0 Å². The fourth-order valence-electron chi connectivity index (χ4n) is 3.02. The number of anilines is 1. The second-order valence-electron chi connectivity index (χ2n) is 6.52. The molecule has 1 aromatic heterocycles. The Kier molecular flexibility index (Phi) is 5.14. The lowest BCUT2D eigenvalue weighted by Crippen LogP contribution is -2.33. The van der Waals surface area contributed by atoms with Crippen molar-refractivity contribution in [1.82, 2.24) is 9.78 Å². The molecule has 1 aliphatic rings. The molecular weight excluding hydrogens is 358 g/mol. The Hall–Kier alpha value is -3.48. The van der Waals surface area contributed by atoms with E-state index in [0.717, 1.165) is 22.8 Å². The van der Waals surface area contributed by atoms with Gasteiger partial charge in [0.1, 0.15) is 12.4 Å². The summed E-state index contributed by atoms with van der Waals surface area (Å²) in [4.78, 5) is 12.2. The van der Waals surface area contributed by atoms with Gasteiger partial charge in [-0.05, 0) is 29.8 Å². The Balaban J connectivity index is 1.31. The molecule has 2 aromatic carbocycles. The molecule has 0 radical (unpaired) electrons. The number of hydrogen-bond donors (Lipinski definition) is 1. The Labute approximate surface area is 162 Å². The Morgan fingerprint density at radius 2 is 2.00 bits per heavy atom. The second-order valence-corrected chi connectivity index (χ2v) is 6.52. The normalized spacial score (nSPS) is 15.1. The highest BCUT2D eigenvalue weighted by atomic mass is 16.6. The van der Waals surface area contributed by atoms with Crippen molar-refractivity contribution in [3.8, 4) is 17.2 Å². The number of rotatable bonds is 6. The molecule has 0 saturated heterocycles. The van der Waals surface area contributed by atoms with E-state index in [1.165, 1.54) is 0 Å². The van der Waals surface area contributed by atoms with E-state index in [9.17, 15) is 4.79 Å². The molecule has 0 aliphatic carbocycles. The third-order valence-corrected chi connectivity index (χ3v) is 4.40. The topological polar surface area (TPSA) is 74.6 Å². The van der Waals surface area contributed by atoms with Crippen molar-refractivity contribution in [3.05, 3.63) is 66.5 Å². The first kappa shape index (κ1) is 17.9.